The van der Waals surface area contributed by atoms with Crippen molar-refractivity contribution in [3.05, 3.63) is 32.5 Å². The summed E-state index contributed by atoms with van der Waals surface area (Å²) in [7, 11) is 0. The standard InChI is InChI=1S/C11H9ClIN3O2/c1-2-18-11(17)10-9(14-16-15-10)6-4-3-5-7(12)8(6)13/h3-5H,2H2,1H3,(H,14,15,16). The Morgan fingerprint density at radius 2 is 2.28 bits per heavy atom. The molecule has 1 heterocycles. The third-order valence-corrected chi connectivity index (χ3v) is 4.02. The van der Waals surface area contributed by atoms with Crippen LogP contribution in [0.3, 0.4) is 0 Å². The molecule has 0 spiro atoms. The number of H-pyrrole nitrogens is 1. The Kier molecular flexibility index (Phi) is 4.18. The molecule has 2 aromatic rings. The minimum atomic E-state index is -0.503. The van der Waals surface area contributed by atoms with Gasteiger partial charge in [-0.2, -0.15) is 10.3 Å². The van der Waals surface area contributed by atoms with Crippen molar-refractivity contribution >= 4 is 40.2 Å². The van der Waals surface area contributed by atoms with E-state index in [1.165, 1.54) is 0 Å². The fourth-order valence-electron chi connectivity index (χ4n) is 1.45. The fraction of sp³-hybridized carbons (Fsp3) is 0.182. The quantitative estimate of drug-likeness (QED) is 0.660. The molecule has 1 aromatic carbocycles. The van der Waals surface area contributed by atoms with E-state index in [1.54, 1.807) is 19.1 Å². The number of nitrogens with zero attached hydrogens (tertiary/aromatic N) is 2. The molecule has 1 N–H and O–H groups in total. The molecule has 0 saturated carbocycles. The predicted molar refractivity (Wildman–Crippen MR) is 75.5 cm³/mol. The molecule has 94 valence electrons. The molecule has 7 heteroatoms. The van der Waals surface area contributed by atoms with Crippen molar-refractivity contribution in [2.45, 2.75) is 6.92 Å². The maximum atomic E-state index is 11.7. The summed E-state index contributed by atoms with van der Waals surface area (Å²) >= 11 is 8.14. The fourth-order valence-corrected chi connectivity index (χ4v) is 2.24. The molecule has 5 nitrogen and oxygen atoms in total. The van der Waals surface area contributed by atoms with E-state index in [0.717, 1.165) is 9.13 Å². The Balaban J connectivity index is 2.49. The third kappa shape index (κ3) is 2.49. The SMILES string of the molecule is CCOC(=O)c1n[nH]nc1-c1cccc(Cl)c1I. The van der Waals surface area contributed by atoms with Crippen LogP contribution in [0.4, 0.5) is 0 Å². The van der Waals surface area contributed by atoms with Crippen LogP contribution in [0.5, 0.6) is 0 Å². The third-order valence-electron chi connectivity index (χ3n) is 2.22. The van der Waals surface area contributed by atoms with Crippen molar-refractivity contribution in [2.75, 3.05) is 6.61 Å². The minimum absolute atomic E-state index is 0.164. The highest BCUT2D eigenvalue weighted by Crippen LogP contribution is 2.30. The number of rotatable bonds is 3. The van der Waals surface area contributed by atoms with Gasteiger partial charge in [0, 0.05) is 9.13 Å². The average molecular weight is 378 g/mol. The summed E-state index contributed by atoms with van der Waals surface area (Å²) in [4.78, 5) is 11.7. The average Bonchev–Trinajstić information content (AvgIpc) is 2.82. The van der Waals surface area contributed by atoms with Gasteiger partial charge in [-0.25, -0.2) is 4.79 Å². The van der Waals surface area contributed by atoms with Gasteiger partial charge in [-0.15, -0.1) is 5.10 Å². The van der Waals surface area contributed by atoms with Crippen molar-refractivity contribution in [1.29, 1.82) is 0 Å². The maximum Gasteiger partial charge on any atom is 0.361 e. The molecule has 0 atom stereocenters. The van der Waals surface area contributed by atoms with Gasteiger partial charge < -0.3 is 4.74 Å². The minimum Gasteiger partial charge on any atom is -0.461 e. The van der Waals surface area contributed by atoms with Gasteiger partial charge in [0.05, 0.1) is 11.6 Å². The zero-order chi connectivity index (χ0) is 13.1. The molecule has 1 aromatic heterocycles. The number of aromatic nitrogens is 3. The number of hydrogen-bond acceptors (Lipinski definition) is 4. The van der Waals surface area contributed by atoms with Crippen molar-refractivity contribution in [2.24, 2.45) is 0 Å². The van der Waals surface area contributed by atoms with Crippen LogP contribution in [-0.4, -0.2) is 28.0 Å². The summed E-state index contributed by atoms with van der Waals surface area (Å²) in [6.07, 6.45) is 0. The van der Waals surface area contributed by atoms with Gasteiger partial charge in [-0.1, -0.05) is 23.7 Å². The van der Waals surface area contributed by atoms with Crippen LogP contribution in [0, 0.1) is 3.57 Å². The zero-order valence-electron chi connectivity index (χ0n) is 9.41. The molecule has 0 aliphatic carbocycles. The van der Waals surface area contributed by atoms with Crippen LogP contribution in [0.25, 0.3) is 11.3 Å². The van der Waals surface area contributed by atoms with Crippen LogP contribution < -0.4 is 0 Å². The molecule has 0 unspecified atom stereocenters. The summed E-state index contributed by atoms with van der Waals surface area (Å²) in [5, 5.41) is 10.9. The molecule has 0 radical (unpaired) electrons. The number of aromatic amines is 1. The first-order valence-corrected chi connectivity index (χ1v) is 6.63. The number of ether oxygens (including phenoxy) is 1. The van der Waals surface area contributed by atoms with Crippen molar-refractivity contribution in [1.82, 2.24) is 15.4 Å². The highest BCUT2D eigenvalue weighted by atomic mass is 127. The number of halogens is 2. The second-order valence-corrected chi connectivity index (χ2v) is 4.83. The van der Waals surface area contributed by atoms with Gasteiger partial charge in [-0.3, -0.25) is 0 Å². The monoisotopic (exact) mass is 377 g/mol. The van der Waals surface area contributed by atoms with Crippen LogP contribution in [0.15, 0.2) is 18.2 Å². The number of carbonyl (C=O) groups is 1. The van der Waals surface area contributed by atoms with Gasteiger partial charge in [-0.05, 0) is 35.6 Å². The number of carbonyl (C=O) groups excluding carboxylic acids is 1. The van der Waals surface area contributed by atoms with Gasteiger partial charge in [0.1, 0.15) is 5.69 Å². The molecule has 0 saturated heterocycles. The molecular formula is C11H9ClIN3O2. The van der Waals surface area contributed by atoms with E-state index in [1.807, 2.05) is 6.07 Å². The zero-order valence-corrected chi connectivity index (χ0v) is 12.3. The molecule has 2 rings (SSSR count). The molecular weight excluding hydrogens is 368 g/mol. The van der Waals surface area contributed by atoms with E-state index in [-0.39, 0.29) is 12.3 Å². The number of esters is 1. The van der Waals surface area contributed by atoms with Crippen LogP contribution in [0.2, 0.25) is 5.02 Å². The van der Waals surface area contributed by atoms with Crippen molar-refractivity contribution < 1.29 is 9.53 Å². The van der Waals surface area contributed by atoms with Gasteiger partial charge in [0.25, 0.3) is 0 Å². The van der Waals surface area contributed by atoms with E-state index in [2.05, 4.69) is 38.0 Å². The number of hydrogen-bond donors (Lipinski definition) is 1. The van der Waals surface area contributed by atoms with Gasteiger partial charge >= 0.3 is 5.97 Å². The normalized spacial score (nSPS) is 10.4. The van der Waals surface area contributed by atoms with E-state index >= 15 is 0 Å². The lowest BCUT2D eigenvalue weighted by molar-refractivity contribution is 0.0520. The van der Waals surface area contributed by atoms with Gasteiger partial charge in [0.15, 0.2) is 5.69 Å². The van der Waals surface area contributed by atoms with Gasteiger partial charge in [0.2, 0.25) is 0 Å². The topological polar surface area (TPSA) is 67.9 Å². The largest absolute Gasteiger partial charge is 0.461 e. The lowest BCUT2D eigenvalue weighted by atomic mass is 10.1. The summed E-state index contributed by atoms with van der Waals surface area (Å²) < 4.78 is 5.74. The smallest absolute Gasteiger partial charge is 0.361 e. The molecule has 0 bridgehead atoms. The second kappa shape index (κ2) is 5.66. The molecule has 0 aliphatic heterocycles. The van der Waals surface area contributed by atoms with E-state index in [4.69, 9.17) is 16.3 Å². The van der Waals surface area contributed by atoms with Crippen molar-refractivity contribution in [3.63, 3.8) is 0 Å². The highest BCUT2D eigenvalue weighted by Gasteiger charge is 2.21. The molecule has 0 aliphatic rings. The number of benzene rings is 1. The first-order chi connectivity index (χ1) is 8.65. The summed E-state index contributed by atoms with van der Waals surface area (Å²) in [5.41, 5.74) is 1.36. The molecule has 18 heavy (non-hydrogen) atoms. The predicted octanol–water partition coefficient (Wildman–Crippen LogP) is 2.91. The lowest BCUT2D eigenvalue weighted by Crippen LogP contribution is -2.07. The molecule has 0 amide bonds. The first-order valence-electron chi connectivity index (χ1n) is 5.17. The number of nitrogens with one attached hydrogen (secondary N) is 1. The van der Waals surface area contributed by atoms with E-state index in [0.29, 0.717) is 10.7 Å². The summed E-state index contributed by atoms with van der Waals surface area (Å²) in [6.45, 7) is 2.03. The molecule has 0 fully saturated rings. The Hall–Kier alpha value is -1.15. The van der Waals surface area contributed by atoms with Crippen LogP contribution in [-0.2, 0) is 4.74 Å². The maximum absolute atomic E-state index is 11.7. The van der Waals surface area contributed by atoms with Crippen LogP contribution in [0.1, 0.15) is 17.4 Å². The first kappa shape index (κ1) is 13.3. The Morgan fingerprint density at radius 1 is 1.50 bits per heavy atom. The Bertz CT molecular complexity index is 585. The van der Waals surface area contributed by atoms with Crippen LogP contribution >= 0.6 is 34.2 Å². The Morgan fingerprint density at radius 3 is 3.00 bits per heavy atom. The summed E-state index contributed by atoms with van der Waals surface area (Å²) in [6, 6.07) is 5.40. The highest BCUT2D eigenvalue weighted by molar-refractivity contribution is 14.1. The van der Waals surface area contributed by atoms with E-state index in [9.17, 15) is 4.79 Å². The second-order valence-electron chi connectivity index (χ2n) is 3.34. The summed E-state index contributed by atoms with van der Waals surface area (Å²) in [5.74, 6) is -0.503. The van der Waals surface area contributed by atoms with E-state index < -0.39 is 5.97 Å². The lowest BCUT2D eigenvalue weighted by Gasteiger charge is -2.04. The Labute approximate surface area is 122 Å². The van der Waals surface area contributed by atoms with Crippen molar-refractivity contribution in [3.8, 4) is 11.3 Å².